The molecule has 1 aliphatic rings. The number of para-hydroxylation sites is 1. The molecule has 130 valence electrons. The van der Waals surface area contributed by atoms with Crippen molar-refractivity contribution in [3.8, 4) is 0 Å². The molecule has 1 saturated heterocycles. The average Bonchev–Trinajstić information content (AvgIpc) is 2.96. The molecule has 2 unspecified atom stereocenters. The smallest absolute Gasteiger partial charge is 0.329 e. The van der Waals surface area contributed by atoms with Crippen LogP contribution in [0.25, 0.3) is 0 Å². The molecule has 1 aromatic rings. The molecule has 0 radical (unpaired) electrons. The standard InChI is InChI=1S/C18H24N2O4/c1-4-12-8-6-7-9-14(12)20-11-13(10-15(20)21)16(22)19-18(3,5-2)17(23)24/h6-9,13H,4-5,10-11H2,1-3H3,(H,19,22)(H,23,24). The number of hydrogen-bond donors (Lipinski definition) is 2. The van der Waals surface area contributed by atoms with Crippen molar-refractivity contribution in [2.75, 3.05) is 11.4 Å². The number of nitrogens with one attached hydrogen (secondary N) is 1. The second kappa shape index (κ2) is 7.03. The van der Waals surface area contributed by atoms with Gasteiger partial charge in [-0.1, -0.05) is 32.0 Å². The van der Waals surface area contributed by atoms with Crippen molar-refractivity contribution in [1.82, 2.24) is 5.32 Å². The molecule has 2 amide bonds. The maximum absolute atomic E-state index is 12.4. The van der Waals surface area contributed by atoms with Gasteiger partial charge in [-0.2, -0.15) is 0 Å². The van der Waals surface area contributed by atoms with Crippen LogP contribution in [0.5, 0.6) is 0 Å². The summed E-state index contributed by atoms with van der Waals surface area (Å²) in [6.45, 7) is 5.48. The monoisotopic (exact) mass is 332 g/mol. The fourth-order valence-electron chi connectivity index (χ4n) is 2.86. The maximum atomic E-state index is 12.4. The molecule has 0 spiro atoms. The highest BCUT2D eigenvalue weighted by Crippen LogP contribution is 2.29. The van der Waals surface area contributed by atoms with E-state index in [9.17, 15) is 19.5 Å². The Bertz CT molecular complexity index is 658. The molecule has 2 atom stereocenters. The Labute approximate surface area is 141 Å². The highest BCUT2D eigenvalue weighted by Gasteiger charge is 2.40. The third kappa shape index (κ3) is 3.42. The lowest BCUT2D eigenvalue weighted by atomic mass is 9.97. The summed E-state index contributed by atoms with van der Waals surface area (Å²) >= 11 is 0. The van der Waals surface area contributed by atoms with Crippen LogP contribution in [-0.2, 0) is 20.8 Å². The maximum Gasteiger partial charge on any atom is 0.329 e. The van der Waals surface area contributed by atoms with E-state index in [1.807, 2.05) is 31.2 Å². The van der Waals surface area contributed by atoms with E-state index in [1.54, 1.807) is 11.8 Å². The first kappa shape index (κ1) is 18.0. The minimum atomic E-state index is -1.31. The first-order valence-electron chi connectivity index (χ1n) is 8.26. The highest BCUT2D eigenvalue weighted by atomic mass is 16.4. The Balaban J connectivity index is 2.15. The van der Waals surface area contributed by atoms with Gasteiger partial charge in [0.25, 0.3) is 0 Å². The molecular weight excluding hydrogens is 308 g/mol. The largest absolute Gasteiger partial charge is 0.480 e. The number of rotatable bonds is 6. The van der Waals surface area contributed by atoms with Gasteiger partial charge in [0.05, 0.1) is 5.92 Å². The lowest BCUT2D eigenvalue weighted by molar-refractivity contribution is -0.147. The molecule has 0 aromatic heterocycles. The van der Waals surface area contributed by atoms with Crippen molar-refractivity contribution >= 4 is 23.5 Å². The third-order valence-corrected chi connectivity index (χ3v) is 4.74. The number of benzene rings is 1. The molecule has 2 N–H and O–H groups in total. The zero-order valence-electron chi connectivity index (χ0n) is 14.3. The van der Waals surface area contributed by atoms with Gasteiger partial charge in [-0.3, -0.25) is 9.59 Å². The van der Waals surface area contributed by atoms with E-state index in [2.05, 4.69) is 5.32 Å². The van der Waals surface area contributed by atoms with Gasteiger partial charge in [0.15, 0.2) is 0 Å². The lowest BCUT2D eigenvalue weighted by Crippen LogP contribution is -2.53. The summed E-state index contributed by atoms with van der Waals surface area (Å²) in [5.74, 6) is -2.10. The normalized spacial score (nSPS) is 19.9. The SMILES string of the molecule is CCc1ccccc1N1CC(C(=O)NC(C)(CC)C(=O)O)CC1=O. The predicted octanol–water partition coefficient (Wildman–Crippen LogP) is 1.97. The molecule has 1 aliphatic heterocycles. The average molecular weight is 332 g/mol. The molecule has 0 aliphatic carbocycles. The van der Waals surface area contributed by atoms with Crippen molar-refractivity contribution in [2.24, 2.45) is 5.92 Å². The quantitative estimate of drug-likeness (QED) is 0.834. The van der Waals surface area contributed by atoms with Crippen LogP contribution >= 0.6 is 0 Å². The van der Waals surface area contributed by atoms with Gasteiger partial charge < -0.3 is 15.3 Å². The van der Waals surface area contributed by atoms with Gasteiger partial charge in [0.2, 0.25) is 11.8 Å². The van der Waals surface area contributed by atoms with E-state index in [0.717, 1.165) is 17.7 Å². The molecule has 1 heterocycles. The van der Waals surface area contributed by atoms with E-state index in [-0.39, 0.29) is 31.2 Å². The van der Waals surface area contributed by atoms with Crippen molar-refractivity contribution in [1.29, 1.82) is 0 Å². The number of anilines is 1. The molecule has 24 heavy (non-hydrogen) atoms. The molecule has 1 fully saturated rings. The highest BCUT2D eigenvalue weighted by molar-refractivity contribution is 6.01. The van der Waals surface area contributed by atoms with Crippen LogP contribution in [-0.4, -0.2) is 35.0 Å². The fourth-order valence-corrected chi connectivity index (χ4v) is 2.86. The first-order chi connectivity index (χ1) is 11.3. The number of aliphatic carboxylic acids is 1. The summed E-state index contributed by atoms with van der Waals surface area (Å²) < 4.78 is 0. The van der Waals surface area contributed by atoms with E-state index < -0.39 is 17.4 Å². The second-order valence-electron chi connectivity index (χ2n) is 6.37. The van der Waals surface area contributed by atoms with Crippen LogP contribution in [0, 0.1) is 5.92 Å². The Morgan fingerprint density at radius 2 is 2.00 bits per heavy atom. The number of carboxylic acid groups (broad SMARTS) is 1. The molecule has 0 saturated carbocycles. The van der Waals surface area contributed by atoms with Gasteiger partial charge >= 0.3 is 5.97 Å². The number of hydrogen-bond acceptors (Lipinski definition) is 3. The zero-order valence-corrected chi connectivity index (χ0v) is 14.3. The summed E-state index contributed by atoms with van der Waals surface area (Å²) in [4.78, 5) is 37.8. The Hall–Kier alpha value is -2.37. The predicted molar refractivity (Wildman–Crippen MR) is 90.8 cm³/mol. The van der Waals surface area contributed by atoms with E-state index in [4.69, 9.17) is 0 Å². The van der Waals surface area contributed by atoms with Gasteiger partial charge in [-0.15, -0.1) is 0 Å². The molecule has 6 heteroatoms. The van der Waals surface area contributed by atoms with Crippen LogP contribution in [0.3, 0.4) is 0 Å². The van der Waals surface area contributed by atoms with Gasteiger partial charge in [-0.05, 0) is 31.4 Å². The van der Waals surface area contributed by atoms with E-state index in [1.165, 1.54) is 6.92 Å². The summed E-state index contributed by atoms with van der Waals surface area (Å²) in [5.41, 5.74) is 0.571. The zero-order chi connectivity index (χ0) is 17.9. The minimum absolute atomic E-state index is 0.100. The molecule has 0 bridgehead atoms. The summed E-state index contributed by atoms with van der Waals surface area (Å²) in [7, 11) is 0. The van der Waals surface area contributed by atoms with E-state index >= 15 is 0 Å². The van der Waals surface area contributed by atoms with Gasteiger partial charge in [-0.25, -0.2) is 4.79 Å². The van der Waals surface area contributed by atoms with Crippen molar-refractivity contribution < 1.29 is 19.5 Å². The second-order valence-corrected chi connectivity index (χ2v) is 6.37. The van der Waals surface area contributed by atoms with E-state index in [0.29, 0.717) is 0 Å². The van der Waals surface area contributed by atoms with Crippen LogP contribution in [0.2, 0.25) is 0 Å². The van der Waals surface area contributed by atoms with Crippen LogP contribution in [0.15, 0.2) is 24.3 Å². The van der Waals surface area contributed by atoms with Gasteiger partial charge in [0.1, 0.15) is 5.54 Å². The fraction of sp³-hybridized carbons (Fsp3) is 0.500. The van der Waals surface area contributed by atoms with Crippen LogP contribution in [0.1, 0.15) is 39.2 Å². The topological polar surface area (TPSA) is 86.7 Å². The number of carbonyl (C=O) groups is 3. The number of amides is 2. The number of carbonyl (C=O) groups excluding carboxylic acids is 2. The number of carboxylic acids is 1. The molecule has 1 aromatic carbocycles. The van der Waals surface area contributed by atoms with Crippen LogP contribution in [0.4, 0.5) is 5.69 Å². The first-order valence-corrected chi connectivity index (χ1v) is 8.26. The Morgan fingerprint density at radius 1 is 1.33 bits per heavy atom. The third-order valence-electron chi connectivity index (χ3n) is 4.74. The Morgan fingerprint density at radius 3 is 2.58 bits per heavy atom. The Kier molecular flexibility index (Phi) is 5.26. The molecule has 6 nitrogen and oxygen atoms in total. The van der Waals surface area contributed by atoms with Crippen molar-refractivity contribution in [3.63, 3.8) is 0 Å². The number of nitrogens with zero attached hydrogens (tertiary/aromatic N) is 1. The minimum Gasteiger partial charge on any atom is -0.480 e. The summed E-state index contributed by atoms with van der Waals surface area (Å²) in [6, 6.07) is 7.64. The van der Waals surface area contributed by atoms with Crippen LogP contribution < -0.4 is 10.2 Å². The summed E-state index contributed by atoms with van der Waals surface area (Å²) in [5, 5.41) is 11.9. The lowest BCUT2D eigenvalue weighted by Gasteiger charge is -2.26. The molecular formula is C18H24N2O4. The van der Waals surface area contributed by atoms with Crippen molar-refractivity contribution in [2.45, 2.75) is 45.6 Å². The number of aryl methyl sites for hydroxylation is 1. The van der Waals surface area contributed by atoms with Crippen molar-refractivity contribution in [3.05, 3.63) is 29.8 Å². The van der Waals surface area contributed by atoms with Gasteiger partial charge in [0, 0.05) is 18.7 Å². The summed E-state index contributed by atoms with van der Waals surface area (Å²) in [6.07, 6.45) is 1.17. The molecule has 2 rings (SSSR count).